The van der Waals surface area contributed by atoms with Crippen molar-refractivity contribution in [3.05, 3.63) is 56.3 Å². The SMILES string of the molecule is CC(C)[O-].CC(C)[O-].CC(C)[O-].CC(C)[O-].Cc1ccc2c(c1[O-])=c1c([O-])c(C)ccc1=2.[Al+3].[Al+3]. The minimum Gasteiger partial charge on any atom is -0.872 e. The van der Waals surface area contributed by atoms with Crippen molar-refractivity contribution in [1.82, 2.24) is 0 Å². The summed E-state index contributed by atoms with van der Waals surface area (Å²) in [7, 11) is 0. The minimum absolute atomic E-state index is 0. The molecule has 0 spiro atoms. The second kappa shape index (κ2) is 20.2. The third-order valence-corrected chi connectivity index (χ3v) is 3.25. The Morgan fingerprint density at radius 1 is 0.471 bits per heavy atom. The van der Waals surface area contributed by atoms with Gasteiger partial charge >= 0.3 is 34.7 Å². The van der Waals surface area contributed by atoms with Gasteiger partial charge in [0.05, 0.1) is 0 Å². The summed E-state index contributed by atoms with van der Waals surface area (Å²) >= 11 is 0. The summed E-state index contributed by atoms with van der Waals surface area (Å²) < 4.78 is 0. The van der Waals surface area contributed by atoms with Crippen LogP contribution in [0.1, 0.15) is 66.5 Å². The van der Waals surface area contributed by atoms with Crippen molar-refractivity contribution in [3.63, 3.8) is 0 Å². The quantitative estimate of drug-likeness (QED) is 0.385. The predicted molar refractivity (Wildman–Crippen MR) is 129 cm³/mol. The Labute approximate surface area is 226 Å². The Morgan fingerprint density at radius 3 is 0.824 bits per heavy atom. The van der Waals surface area contributed by atoms with E-state index < -0.39 is 24.4 Å². The first-order valence-electron chi connectivity index (χ1n) is 10.8. The van der Waals surface area contributed by atoms with E-state index in [4.69, 9.17) is 0 Å². The smallest absolute Gasteiger partial charge is 0.872 e. The van der Waals surface area contributed by atoms with Crippen LogP contribution in [0, 0.1) is 34.7 Å². The van der Waals surface area contributed by atoms with Crippen molar-refractivity contribution in [2.45, 2.75) is 93.7 Å². The van der Waals surface area contributed by atoms with Gasteiger partial charge in [-0.2, -0.15) is 0 Å². The molecule has 1 aliphatic carbocycles. The van der Waals surface area contributed by atoms with Gasteiger partial charge in [0.1, 0.15) is 0 Å². The van der Waals surface area contributed by atoms with Gasteiger partial charge in [0.2, 0.25) is 0 Å². The molecule has 0 saturated heterocycles. The molecular formula is C26H38Al2O6. The number of benzene rings is 2. The van der Waals surface area contributed by atoms with Gasteiger partial charge in [-0.1, -0.05) is 102 Å². The molecule has 184 valence electrons. The average molecular weight is 501 g/mol. The molecule has 3 rings (SSSR count). The zero-order valence-electron chi connectivity index (χ0n) is 22.2. The first-order valence-corrected chi connectivity index (χ1v) is 10.8. The third kappa shape index (κ3) is 16.6. The fraction of sp³-hybridized carbons (Fsp3) is 0.538. The molecule has 0 N–H and O–H groups in total. The summed E-state index contributed by atoms with van der Waals surface area (Å²) in [6.45, 7) is 16.4. The summed E-state index contributed by atoms with van der Waals surface area (Å²) in [6, 6.07) is 7.47. The van der Waals surface area contributed by atoms with Gasteiger partial charge in [0.15, 0.2) is 0 Å². The molecule has 2 aromatic carbocycles. The maximum atomic E-state index is 11.9. The second-order valence-electron chi connectivity index (χ2n) is 8.46. The average Bonchev–Trinajstić information content (AvgIpc) is 2.56. The van der Waals surface area contributed by atoms with Crippen LogP contribution >= 0.6 is 0 Å². The van der Waals surface area contributed by atoms with Gasteiger partial charge in [-0.25, -0.2) is 0 Å². The van der Waals surface area contributed by atoms with Crippen LogP contribution in [-0.4, -0.2) is 59.1 Å². The summed E-state index contributed by atoms with van der Waals surface area (Å²) in [6.07, 6.45) is -1.67. The number of hydrogen-bond donors (Lipinski definition) is 0. The van der Waals surface area contributed by atoms with Crippen LogP contribution in [0.25, 0.3) is 0 Å². The summed E-state index contributed by atoms with van der Waals surface area (Å²) in [5.41, 5.74) is 1.40. The summed E-state index contributed by atoms with van der Waals surface area (Å²) in [4.78, 5) is 0. The van der Waals surface area contributed by atoms with Crippen LogP contribution < -0.4 is 30.6 Å². The zero-order valence-corrected chi connectivity index (χ0v) is 24.5. The molecule has 0 amide bonds. The number of fused-ring (bicyclic) bond motifs is 2. The van der Waals surface area contributed by atoms with E-state index in [-0.39, 0.29) is 46.2 Å². The normalized spacial score (nSPS) is 9.71. The largest absolute Gasteiger partial charge is 3.00 e. The van der Waals surface area contributed by atoms with Crippen LogP contribution in [0.3, 0.4) is 0 Å². The first-order chi connectivity index (χ1) is 14.5. The van der Waals surface area contributed by atoms with E-state index in [2.05, 4.69) is 0 Å². The first kappa shape index (κ1) is 40.1. The van der Waals surface area contributed by atoms with Crippen LogP contribution in [0.15, 0.2) is 24.3 Å². The van der Waals surface area contributed by atoms with E-state index in [0.717, 1.165) is 10.4 Å². The molecule has 0 atom stereocenters. The monoisotopic (exact) mass is 500 g/mol. The maximum absolute atomic E-state index is 11.9. The van der Waals surface area contributed by atoms with E-state index in [1.807, 2.05) is 24.3 Å². The molecule has 0 bridgehead atoms. The molecule has 0 radical (unpaired) electrons. The molecule has 8 heteroatoms. The molecule has 0 aliphatic heterocycles. The van der Waals surface area contributed by atoms with E-state index in [1.165, 1.54) is 0 Å². The molecule has 0 fully saturated rings. The number of aryl methyl sites for hydroxylation is 2. The zero-order chi connectivity index (χ0) is 25.8. The van der Waals surface area contributed by atoms with Crippen molar-refractivity contribution in [2.24, 2.45) is 0 Å². The van der Waals surface area contributed by atoms with Gasteiger partial charge in [0, 0.05) is 0 Å². The Kier molecular flexibility index (Phi) is 23.8. The van der Waals surface area contributed by atoms with Crippen LogP contribution in [-0.2, 0) is 0 Å². The molecule has 2 aromatic rings. The number of rotatable bonds is 0. The van der Waals surface area contributed by atoms with Gasteiger partial charge in [-0.15, -0.1) is 24.4 Å². The fourth-order valence-corrected chi connectivity index (χ4v) is 2.26. The predicted octanol–water partition coefficient (Wildman–Crippen LogP) is -0.403. The van der Waals surface area contributed by atoms with Crippen LogP contribution in [0.2, 0.25) is 0 Å². The van der Waals surface area contributed by atoms with E-state index in [0.29, 0.717) is 21.6 Å². The standard InChI is InChI=1S/C14H12O2.4C3H7O.2Al/c1-7-3-5-9-10-6-4-8(2)14(16)12(10)11(9)13(7)15;4*1-3(2)4;;/h3-6,15-16H,1-2H3;4*3H,1-2H3;;/q;4*-1;2*+3/p-2. The molecule has 34 heavy (non-hydrogen) atoms. The Morgan fingerprint density at radius 2 is 0.647 bits per heavy atom. The Balaban J connectivity index is -0.000000210. The molecular weight excluding hydrogens is 462 g/mol. The van der Waals surface area contributed by atoms with Crippen molar-refractivity contribution in [1.29, 1.82) is 0 Å². The molecule has 0 heterocycles. The minimum atomic E-state index is -0.417. The van der Waals surface area contributed by atoms with Crippen molar-refractivity contribution in [2.75, 3.05) is 0 Å². The van der Waals surface area contributed by atoms with E-state index >= 15 is 0 Å². The Hall–Kier alpha value is -1.06. The molecule has 6 nitrogen and oxygen atoms in total. The van der Waals surface area contributed by atoms with Crippen molar-refractivity contribution in [3.8, 4) is 11.5 Å². The van der Waals surface area contributed by atoms with Gasteiger partial charge in [0.25, 0.3) is 0 Å². The third-order valence-electron chi connectivity index (χ3n) is 3.25. The van der Waals surface area contributed by atoms with E-state index in [1.54, 1.807) is 69.2 Å². The maximum Gasteiger partial charge on any atom is 3.00 e. The summed E-state index contributed by atoms with van der Waals surface area (Å²) in [5, 5.41) is 65.0. The second-order valence-corrected chi connectivity index (χ2v) is 8.46. The Bertz CT molecular complexity index is 887. The molecule has 0 saturated carbocycles. The van der Waals surface area contributed by atoms with Crippen LogP contribution in [0.5, 0.6) is 11.5 Å². The number of hydrogen-bond acceptors (Lipinski definition) is 6. The molecule has 0 unspecified atom stereocenters. The topological polar surface area (TPSA) is 138 Å². The summed E-state index contributed by atoms with van der Waals surface area (Å²) in [5.74, 6) is -0.0135. The van der Waals surface area contributed by atoms with Gasteiger partial charge in [-0.05, 0) is 34.7 Å². The van der Waals surface area contributed by atoms with Crippen molar-refractivity contribution < 1.29 is 30.6 Å². The van der Waals surface area contributed by atoms with Gasteiger partial charge < -0.3 is 30.6 Å². The van der Waals surface area contributed by atoms with Crippen LogP contribution in [0.4, 0.5) is 0 Å². The van der Waals surface area contributed by atoms with Crippen molar-refractivity contribution >= 4 is 34.7 Å². The molecule has 0 aromatic heterocycles. The fourth-order valence-electron chi connectivity index (χ4n) is 2.26. The molecule has 1 aliphatic rings. The van der Waals surface area contributed by atoms with Gasteiger partial charge in [-0.3, -0.25) is 0 Å². The van der Waals surface area contributed by atoms with E-state index in [9.17, 15) is 30.6 Å².